The maximum Gasteiger partial charge on any atom is 0.335 e. The normalized spacial score (nSPS) is 10.5. The Morgan fingerprint density at radius 1 is 1.14 bits per heavy atom. The Balaban J connectivity index is 2.22. The van der Waals surface area contributed by atoms with Crippen molar-refractivity contribution < 1.29 is 27.8 Å². The first-order chi connectivity index (χ1) is 9.88. The topological polar surface area (TPSA) is 46.5 Å². The second-order valence-corrected chi connectivity index (χ2v) is 4.95. The zero-order valence-electron chi connectivity index (χ0n) is 10.4. The van der Waals surface area contributed by atoms with Crippen LogP contribution in [-0.4, -0.2) is 11.1 Å². The summed E-state index contributed by atoms with van der Waals surface area (Å²) in [6.07, 6.45) is 0. The summed E-state index contributed by atoms with van der Waals surface area (Å²) in [5.41, 5.74) is -0.0298. The van der Waals surface area contributed by atoms with E-state index in [1.165, 1.54) is 18.2 Å². The molecule has 2 aromatic rings. The summed E-state index contributed by atoms with van der Waals surface area (Å²) in [5, 5.41) is 8.68. The Morgan fingerprint density at radius 2 is 1.76 bits per heavy atom. The molecule has 0 bridgehead atoms. The van der Waals surface area contributed by atoms with Crippen LogP contribution in [0, 0.1) is 17.5 Å². The van der Waals surface area contributed by atoms with Gasteiger partial charge in [-0.3, -0.25) is 0 Å². The number of carboxylic acid groups (broad SMARTS) is 1. The van der Waals surface area contributed by atoms with Crippen LogP contribution >= 0.6 is 15.9 Å². The highest BCUT2D eigenvalue weighted by Gasteiger charge is 2.16. The standard InChI is InChI=1S/C14H8BrF3O3/c15-10-5-9(16)2-1-7(10)6-21-13-11(17)3-8(14(19)20)4-12(13)18/h1-5H,6H2,(H,19,20). The summed E-state index contributed by atoms with van der Waals surface area (Å²) in [5.74, 6) is -4.83. The zero-order chi connectivity index (χ0) is 15.6. The number of hydrogen-bond acceptors (Lipinski definition) is 2. The van der Waals surface area contributed by atoms with Gasteiger partial charge in [0.05, 0.1) is 5.56 Å². The molecule has 21 heavy (non-hydrogen) atoms. The number of rotatable bonds is 4. The van der Waals surface area contributed by atoms with Crippen LogP contribution in [0.4, 0.5) is 13.2 Å². The summed E-state index contributed by atoms with van der Waals surface area (Å²) < 4.78 is 45.6. The van der Waals surface area contributed by atoms with Crippen molar-refractivity contribution >= 4 is 21.9 Å². The molecule has 0 radical (unpaired) electrons. The van der Waals surface area contributed by atoms with Gasteiger partial charge in [-0.25, -0.2) is 18.0 Å². The van der Waals surface area contributed by atoms with E-state index in [2.05, 4.69) is 15.9 Å². The van der Waals surface area contributed by atoms with Gasteiger partial charge in [0.1, 0.15) is 12.4 Å². The summed E-state index contributed by atoms with van der Waals surface area (Å²) in [4.78, 5) is 10.7. The first-order valence-electron chi connectivity index (χ1n) is 5.67. The molecule has 0 saturated heterocycles. The first kappa shape index (κ1) is 15.4. The second-order valence-electron chi connectivity index (χ2n) is 4.10. The molecule has 0 amide bonds. The molecule has 0 unspecified atom stereocenters. The fraction of sp³-hybridized carbons (Fsp3) is 0.0714. The van der Waals surface area contributed by atoms with E-state index in [4.69, 9.17) is 9.84 Å². The van der Waals surface area contributed by atoms with Gasteiger partial charge < -0.3 is 9.84 Å². The largest absolute Gasteiger partial charge is 0.483 e. The van der Waals surface area contributed by atoms with E-state index in [1.54, 1.807) is 0 Å². The third kappa shape index (κ3) is 3.55. The lowest BCUT2D eigenvalue weighted by Gasteiger charge is -2.10. The number of carboxylic acids is 1. The molecule has 2 rings (SSSR count). The van der Waals surface area contributed by atoms with E-state index in [-0.39, 0.29) is 6.61 Å². The maximum atomic E-state index is 13.6. The Bertz CT molecular complexity index is 681. The highest BCUT2D eigenvalue weighted by molar-refractivity contribution is 9.10. The third-order valence-corrected chi connectivity index (χ3v) is 3.37. The Labute approximate surface area is 126 Å². The molecular formula is C14H8BrF3O3. The summed E-state index contributed by atoms with van der Waals surface area (Å²) in [6, 6.07) is 5.12. The molecule has 3 nitrogen and oxygen atoms in total. The van der Waals surface area contributed by atoms with Gasteiger partial charge in [0.15, 0.2) is 17.4 Å². The van der Waals surface area contributed by atoms with Crippen molar-refractivity contribution in [3.8, 4) is 5.75 Å². The number of hydrogen-bond donors (Lipinski definition) is 1. The third-order valence-electron chi connectivity index (χ3n) is 2.63. The molecule has 0 aromatic heterocycles. The predicted octanol–water partition coefficient (Wildman–Crippen LogP) is 4.14. The molecule has 0 aliphatic rings. The molecule has 0 heterocycles. The smallest absolute Gasteiger partial charge is 0.335 e. The number of halogens is 4. The van der Waals surface area contributed by atoms with Crippen molar-refractivity contribution in [3.05, 3.63) is 63.4 Å². The van der Waals surface area contributed by atoms with Crippen molar-refractivity contribution in [1.82, 2.24) is 0 Å². The minimum absolute atomic E-state index is 0.207. The van der Waals surface area contributed by atoms with E-state index in [1.807, 2.05) is 0 Å². The summed E-state index contributed by atoms with van der Waals surface area (Å²) >= 11 is 3.10. The minimum Gasteiger partial charge on any atom is -0.483 e. The van der Waals surface area contributed by atoms with E-state index in [9.17, 15) is 18.0 Å². The van der Waals surface area contributed by atoms with Gasteiger partial charge in [0.25, 0.3) is 0 Å². The van der Waals surface area contributed by atoms with Crippen molar-refractivity contribution in [3.63, 3.8) is 0 Å². The van der Waals surface area contributed by atoms with Crippen LogP contribution in [0.3, 0.4) is 0 Å². The van der Waals surface area contributed by atoms with Crippen LogP contribution in [0.5, 0.6) is 5.75 Å². The van der Waals surface area contributed by atoms with Crippen LogP contribution in [0.1, 0.15) is 15.9 Å². The van der Waals surface area contributed by atoms with Gasteiger partial charge >= 0.3 is 5.97 Å². The highest BCUT2D eigenvalue weighted by atomic mass is 79.9. The monoisotopic (exact) mass is 360 g/mol. The number of carbonyl (C=O) groups is 1. The van der Waals surface area contributed by atoms with Gasteiger partial charge in [0, 0.05) is 10.0 Å². The van der Waals surface area contributed by atoms with Crippen LogP contribution in [0.2, 0.25) is 0 Å². The number of aromatic carboxylic acids is 1. The fourth-order valence-electron chi connectivity index (χ4n) is 1.61. The van der Waals surface area contributed by atoms with Crippen molar-refractivity contribution in [2.45, 2.75) is 6.61 Å². The summed E-state index contributed by atoms with van der Waals surface area (Å²) in [7, 11) is 0. The molecule has 0 atom stereocenters. The highest BCUT2D eigenvalue weighted by Crippen LogP contribution is 2.26. The zero-order valence-corrected chi connectivity index (χ0v) is 12.0. The van der Waals surface area contributed by atoms with Crippen molar-refractivity contribution in [2.24, 2.45) is 0 Å². The van der Waals surface area contributed by atoms with Crippen LogP contribution < -0.4 is 4.74 Å². The predicted molar refractivity (Wildman–Crippen MR) is 71.7 cm³/mol. The Kier molecular flexibility index (Phi) is 4.52. The van der Waals surface area contributed by atoms with Crippen LogP contribution in [0.15, 0.2) is 34.8 Å². The molecule has 0 saturated carbocycles. The van der Waals surface area contributed by atoms with E-state index in [0.29, 0.717) is 22.2 Å². The fourth-order valence-corrected chi connectivity index (χ4v) is 2.08. The minimum atomic E-state index is -1.44. The molecule has 0 spiro atoms. The van der Waals surface area contributed by atoms with Crippen molar-refractivity contribution in [2.75, 3.05) is 0 Å². The van der Waals surface area contributed by atoms with Crippen LogP contribution in [0.25, 0.3) is 0 Å². The van der Waals surface area contributed by atoms with Crippen molar-refractivity contribution in [1.29, 1.82) is 0 Å². The van der Waals surface area contributed by atoms with Gasteiger partial charge in [-0.15, -0.1) is 0 Å². The average Bonchev–Trinajstić information content (AvgIpc) is 2.39. The van der Waals surface area contributed by atoms with Crippen LogP contribution in [-0.2, 0) is 6.61 Å². The van der Waals surface area contributed by atoms with E-state index < -0.39 is 34.7 Å². The molecule has 0 aliphatic carbocycles. The Hall–Kier alpha value is -2.02. The molecule has 7 heteroatoms. The average molecular weight is 361 g/mol. The Morgan fingerprint density at radius 3 is 2.29 bits per heavy atom. The van der Waals surface area contributed by atoms with E-state index >= 15 is 0 Å². The SMILES string of the molecule is O=C(O)c1cc(F)c(OCc2ccc(F)cc2Br)c(F)c1. The lowest BCUT2D eigenvalue weighted by molar-refractivity contribution is 0.0695. The lowest BCUT2D eigenvalue weighted by Crippen LogP contribution is -2.04. The quantitative estimate of drug-likeness (QED) is 0.890. The molecule has 2 aromatic carbocycles. The molecule has 110 valence electrons. The number of ether oxygens (including phenoxy) is 1. The van der Waals surface area contributed by atoms with Gasteiger partial charge in [0.2, 0.25) is 0 Å². The molecular weight excluding hydrogens is 353 g/mol. The number of benzene rings is 2. The molecule has 1 N–H and O–H groups in total. The van der Waals surface area contributed by atoms with E-state index in [0.717, 1.165) is 0 Å². The van der Waals surface area contributed by atoms with Gasteiger partial charge in [-0.2, -0.15) is 0 Å². The first-order valence-corrected chi connectivity index (χ1v) is 6.47. The molecule has 0 fully saturated rings. The van der Waals surface area contributed by atoms with Gasteiger partial charge in [-0.1, -0.05) is 22.0 Å². The second kappa shape index (κ2) is 6.17. The lowest BCUT2D eigenvalue weighted by atomic mass is 10.2. The molecule has 0 aliphatic heterocycles. The van der Waals surface area contributed by atoms with Gasteiger partial charge in [-0.05, 0) is 24.3 Å². The maximum absolute atomic E-state index is 13.6. The summed E-state index contributed by atoms with van der Waals surface area (Å²) in [6.45, 7) is -0.207.